The minimum Gasteiger partial charge on any atom is -0.314 e. The van der Waals surface area contributed by atoms with Crippen LogP contribution in [-0.2, 0) is 10.2 Å². The van der Waals surface area contributed by atoms with Crippen molar-refractivity contribution >= 4 is 10.2 Å². The van der Waals surface area contributed by atoms with E-state index in [1.165, 1.54) is 12.8 Å². The molecule has 14 heavy (non-hydrogen) atoms. The molecule has 0 radical (unpaired) electrons. The van der Waals surface area contributed by atoms with Crippen molar-refractivity contribution in [3.8, 4) is 0 Å². The minimum atomic E-state index is -3.24. The summed E-state index contributed by atoms with van der Waals surface area (Å²) in [4.78, 5) is 0. The largest absolute Gasteiger partial charge is 0.314 e. The van der Waals surface area contributed by atoms with Gasteiger partial charge in [0.1, 0.15) is 0 Å². The first kappa shape index (κ1) is 11.9. The Morgan fingerprint density at radius 3 is 2.50 bits per heavy atom. The monoisotopic (exact) mass is 221 g/mol. The van der Waals surface area contributed by atoms with Gasteiger partial charge in [-0.15, -0.1) is 0 Å². The van der Waals surface area contributed by atoms with Gasteiger partial charge in [0.2, 0.25) is 0 Å². The van der Waals surface area contributed by atoms with E-state index in [9.17, 15) is 8.42 Å². The standard InChI is InChI=1S/C8H19N3O2S/c1-2-10-14(12,13)11-7-3-6-9-8-4-5-8/h8-11H,2-7H2,1H3. The first-order valence-electron chi connectivity index (χ1n) is 5.11. The van der Waals surface area contributed by atoms with E-state index >= 15 is 0 Å². The Morgan fingerprint density at radius 2 is 1.93 bits per heavy atom. The molecule has 0 aliphatic heterocycles. The molecule has 6 heteroatoms. The Morgan fingerprint density at radius 1 is 1.21 bits per heavy atom. The van der Waals surface area contributed by atoms with Crippen LogP contribution in [-0.4, -0.2) is 34.1 Å². The summed E-state index contributed by atoms with van der Waals surface area (Å²) in [5.74, 6) is 0. The molecule has 84 valence electrons. The molecule has 3 N–H and O–H groups in total. The van der Waals surface area contributed by atoms with Gasteiger partial charge >= 0.3 is 0 Å². The molecule has 1 saturated carbocycles. The first-order valence-corrected chi connectivity index (χ1v) is 6.60. The molecule has 1 aliphatic rings. The highest BCUT2D eigenvalue weighted by atomic mass is 32.2. The van der Waals surface area contributed by atoms with Crippen LogP contribution in [0.2, 0.25) is 0 Å². The number of nitrogens with one attached hydrogen (secondary N) is 3. The fourth-order valence-electron chi connectivity index (χ4n) is 1.13. The van der Waals surface area contributed by atoms with Crippen LogP contribution in [0.25, 0.3) is 0 Å². The highest BCUT2D eigenvalue weighted by Crippen LogP contribution is 2.18. The van der Waals surface area contributed by atoms with E-state index in [1.54, 1.807) is 6.92 Å². The Kier molecular flexibility index (Phi) is 4.80. The second-order valence-corrected chi connectivity index (χ2v) is 5.06. The van der Waals surface area contributed by atoms with Gasteiger partial charge in [-0.3, -0.25) is 0 Å². The third-order valence-electron chi connectivity index (χ3n) is 1.99. The van der Waals surface area contributed by atoms with Crippen molar-refractivity contribution in [3.63, 3.8) is 0 Å². The van der Waals surface area contributed by atoms with Crippen molar-refractivity contribution in [1.82, 2.24) is 14.8 Å². The molecule has 0 aromatic rings. The zero-order chi connectivity index (χ0) is 10.4. The fourth-order valence-corrected chi connectivity index (χ4v) is 2.02. The summed E-state index contributed by atoms with van der Waals surface area (Å²) < 4.78 is 27.0. The quantitative estimate of drug-likeness (QED) is 0.487. The summed E-state index contributed by atoms with van der Waals surface area (Å²) in [7, 11) is -3.24. The highest BCUT2D eigenvalue weighted by Gasteiger charge is 2.19. The molecule has 0 amide bonds. The molecule has 1 fully saturated rings. The van der Waals surface area contributed by atoms with E-state index in [-0.39, 0.29) is 0 Å². The lowest BCUT2D eigenvalue weighted by atomic mass is 10.4. The summed E-state index contributed by atoms with van der Waals surface area (Å²) in [6.07, 6.45) is 3.37. The van der Waals surface area contributed by atoms with Crippen LogP contribution in [0.5, 0.6) is 0 Å². The number of hydrogen-bond acceptors (Lipinski definition) is 3. The maximum absolute atomic E-state index is 11.1. The summed E-state index contributed by atoms with van der Waals surface area (Å²) in [6, 6.07) is 0.695. The Labute approximate surface area is 85.8 Å². The first-order chi connectivity index (χ1) is 6.64. The summed E-state index contributed by atoms with van der Waals surface area (Å²) >= 11 is 0. The van der Waals surface area contributed by atoms with Gasteiger partial charge in [-0.25, -0.2) is 9.44 Å². The van der Waals surface area contributed by atoms with Crippen molar-refractivity contribution in [3.05, 3.63) is 0 Å². The molecule has 0 atom stereocenters. The van der Waals surface area contributed by atoms with Gasteiger partial charge in [0.05, 0.1) is 0 Å². The topological polar surface area (TPSA) is 70.2 Å². The molecule has 1 rings (SSSR count). The zero-order valence-electron chi connectivity index (χ0n) is 8.54. The zero-order valence-corrected chi connectivity index (χ0v) is 9.36. The lowest BCUT2D eigenvalue weighted by molar-refractivity contribution is 0.561. The van der Waals surface area contributed by atoms with Crippen molar-refractivity contribution in [1.29, 1.82) is 0 Å². The predicted octanol–water partition coefficient (Wildman–Crippen LogP) is -0.428. The summed E-state index contributed by atoms with van der Waals surface area (Å²) in [5, 5.41) is 3.32. The van der Waals surface area contributed by atoms with E-state index in [4.69, 9.17) is 0 Å². The van der Waals surface area contributed by atoms with Crippen LogP contribution in [0.4, 0.5) is 0 Å². The van der Waals surface area contributed by atoms with Crippen molar-refractivity contribution in [2.24, 2.45) is 0 Å². The van der Waals surface area contributed by atoms with Crippen LogP contribution in [0.15, 0.2) is 0 Å². The Hall–Kier alpha value is -0.170. The summed E-state index contributed by atoms with van der Waals surface area (Å²) in [6.45, 7) is 3.57. The van der Waals surface area contributed by atoms with Crippen molar-refractivity contribution < 1.29 is 8.42 Å². The third kappa shape index (κ3) is 5.54. The Balaban J connectivity index is 1.96. The van der Waals surface area contributed by atoms with Gasteiger partial charge in [0.15, 0.2) is 0 Å². The molecule has 1 aliphatic carbocycles. The van der Waals surface area contributed by atoms with Gasteiger partial charge in [-0.2, -0.15) is 8.42 Å². The van der Waals surface area contributed by atoms with Crippen molar-refractivity contribution in [2.75, 3.05) is 19.6 Å². The Bertz CT molecular complexity index is 249. The third-order valence-corrected chi connectivity index (χ3v) is 3.24. The van der Waals surface area contributed by atoms with Crippen LogP contribution < -0.4 is 14.8 Å². The second-order valence-electron chi connectivity index (χ2n) is 3.48. The van der Waals surface area contributed by atoms with E-state index in [0.29, 0.717) is 19.1 Å². The van der Waals surface area contributed by atoms with Crippen LogP contribution in [0.1, 0.15) is 26.2 Å². The molecule has 0 spiro atoms. The molecular formula is C8H19N3O2S. The molecule has 0 aromatic carbocycles. The van der Waals surface area contributed by atoms with Gasteiger partial charge in [0, 0.05) is 19.1 Å². The van der Waals surface area contributed by atoms with Gasteiger partial charge in [-0.1, -0.05) is 6.92 Å². The van der Waals surface area contributed by atoms with Crippen LogP contribution >= 0.6 is 0 Å². The molecule has 0 heterocycles. The van der Waals surface area contributed by atoms with Gasteiger partial charge in [-0.05, 0) is 25.8 Å². The van der Waals surface area contributed by atoms with Crippen LogP contribution in [0, 0.1) is 0 Å². The van der Waals surface area contributed by atoms with E-state index in [0.717, 1.165) is 13.0 Å². The van der Waals surface area contributed by atoms with E-state index in [1.807, 2.05) is 0 Å². The second kappa shape index (κ2) is 5.65. The van der Waals surface area contributed by atoms with E-state index < -0.39 is 10.2 Å². The number of rotatable bonds is 8. The normalized spacial score (nSPS) is 17.2. The van der Waals surface area contributed by atoms with E-state index in [2.05, 4.69) is 14.8 Å². The fraction of sp³-hybridized carbons (Fsp3) is 1.00. The van der Waals surface area contributed by atoms with Crippen molar-refractivity contribution in [2.45, 2.75) is 32.2 Å². The molecule has 0 aromatic heterocycles. The smallest absolute Gasteiger partial charge is 0.276 e. The minimum absolute atomic E-state index is 0.426. The van der Waals surface area contributed by atoms with Gasteiger partial charge < -0.3 is 5.32 Å². The highest BCUT2D eigenvalue weighted by molar-refractivity contribution is 7.87. The SMILES string of the molecule is CCNS(=O)(=O)NCCCNC1CC1. The van der Waals surface area contributed by atoms with Gasteiger partial charge in [0.25, 0.3) is 10.2 Å². The lowest BCUT2D eigenvalue weighted by Crippen LogP contribution is -2.37. The molecular weight excluding hydrogens is 202 g/mol. The molecule has 0 unspecified atom stereocenters. The average molecular weight is 221 g/mol. The lowest BCUT2D eigenvalue weighted by Gasteiger charge is -2.06. The average Bonchev–Trinajstić information content (AvgIpc) is 2.87. The molecule has 5 nitrogen and oxygen atoms in total. The van der Waals surface area contributed by atoms with Crippen LogP contribution in [0.3, 0.4) is 0 Å². The maximum atomic E-state index is 11.1. The molecule has 0 saturated heterocycles. The molecule has 0 bridgehead atoms. The predicted molar refractivity (Wildman–Crippen MR) is 56.2 cm³/mol. The maximum Gasteiger partial charge on any atom is 0.276 e. The number of hydrogen-bond donors (Lipinski definition) is 3. The summed E-state index contributed by atoms with van der Waals surface area (Å²) in [5.41, 5.74) is 0.